The highest BCUT2D eigenvalue weighted by molar-refractivity contribution is 6.42. The fourth-order valence-electron chi connectivity index (χ4n) is 2.29. The van der Waals surface area contributed by atoms with Crippen molar-refractivity contribution in [2.75, 3.05) is 26.2 Å². The van der Waals surface area contributed by atoms with Crippen LogP contribution in [-0.2, 0) is 0 Å². The highest BCUT2D eigenvalue weighted by atomic mass is 35.5. The Balaban J connectivity index is 0.00000180. The first-order valence-electron chi connectivity index (χ1n) is 5.99. The van der Waals surface area contributed by atoms with Crippen LogP contribution in [0.3, 0.4) is 0 Å². The molecule has 0 aromatic heterocycles. The Morgan fingerprint density at radius 3 is 2.50 bits per heavy atom. The average molecular weight is 357 g/mol. The molecule has 1 fully saturated rings. The summed E-state index contributed by atoms with van der Waals surface area (Å²) in [4.78, 5) is 2.29. The van der Waals surface area contributed by atoms with Crippen LogP contribution in [0.15, 0.2) is 18.2 Å². The number of hydrogen-bond acceptors (Lipinski definition) is 3. The highest BCUT2D eigenvalue weighted by Gasteiger charge is 2.24. The number of benzene rings is 1. The highest BCUT2D eigenvalue weighted by Crippen LogP contribution is 2.34. The third kappa shape index (κ3) is 4.66. The van der Waals surface area contributed by atoms with E-state index >= 15 is 0 Å². The Bertz CT molecular complexity index is 455. The van der Waals surface area contributed by atoms with E-state index in [9.17, 15) is 0 Å². The van der Waals surface area contributed by atoms with Gasteiger partial charge in [0.15, 0.2) is 0 Å². The Labute approximate surface area is 142 Å². The van der Waals surface area contributed by atoms with Crippen molar-refractivity contribution < 1.29 is 0 Å². The van der Waals surface area contributed by atoms with Gasteiger partial charge in [0.25, 0.3) is 0 Å². The molecule has 0 unspecified atom stereocenters. The minimum atomic E-state index is 0. The molecule has 0 aliphatic carbocycles. The Morgan fingerprint density at radius 2 is 1.90 bits per heavy atom. The van der Waals surface area contributed by atoms with E-state index < -0.39 is 0 Å². The maximum atomic E-state index is 9.02. The Hall–Kier alpha value is -0.210. The van der Waals surface area contributed by atoms with Gasteiger partial charge < -0.3 is 5.32 Å². The first-order valence-corrected chi connectivity index (χ1v) is 6.75. The zero-order valence-electron chi connectivity index (χ0n) is 10.8. The van der Waals surface area contributed by atoms with Crippen LogP contribution < -0.4 is 5.32 Å². The predicted octanol–water partition coefficient (Wildman–Crippen LogP) is 3.70. The molecule has 0 amide bonds. The van der Waals surface area contributed by atoms with E-state index in [1.807, 2.05) is 12.1 Å². The topological polar surface area (TPSA) is 39.1 Å². The lowest BCUT2D eigenvalue weighted by Crippen LogP contribution is -2.45. The van der Waals surface area contributed by atoms with E-state index in [0.29, 0.717) is 16.5 Å². The molecule has 3 nitrogen and oxygen atoms in total. The van der Waals surface area contributed by atoms with Gasteiger partial charge in [-0.2, -0.15) is 5.26 Å². The molecular weight excluding hydrogens is 340 g/mol. The van der Waals surface area contributed by atoms with Gasteiger partial charge in [-0.15, -0.1) is 24.8 Å². The first-order chi connectivity index (χ1) is 8.74. The largest absolute Gasteiger partial charge is 0.314 e. The number of nitrogens with one attached hydrogen (secondary N) is 1. The third-order valence-electron chi connectivity index (χ3n) is 3.22. The van der Waals surface area contributed by atoms with E-state index in [1.165, 1.54) is 0 Å². The van der Waals surface area contributed by atoms with Crippen molar-refractivity contribution in [3.63, 3.8) is 0 Å². The maximum Gasteiger partial charge on any atom is 0.0641 e. The fourth-order valence-corrected chi connectivity index (χ4v) is 2.73. The van der Waals surface area contributed by atoms with Crippen LogP contribution in [0.4, 0.5) is 0 Å². The molecule has 7 heteroatoms. The molecule has 1 aromatic rings. The third-order valence-corrected chi connectivity index (χ3v) is 4.05. The average Bonchev–Trinajstić information content (AvgIpc) is 2.41. The second kappa shape index (κ2) is 9.68. The summed E-state index contributed by atoms with van der Waals surface area (Å²) in [7, 11) is 0. The van der Waals surface area contributed by atoms with E-state index in [1.54, 1.807) is 6.07 Å². The molecule has 0 radical (unpaired) electrons. The van der Waals surface area contributed by atoms with Gasteiger partial charge in [-0.25, -0.2) is 0 Å². The monoisotopic (exact) mass is 355 g/mol. The Kier molecular flexibility index (Phi) is 9.58. The molecule has 1 aliphatic rings. The van der Waals surface area contributed by atoms with Gasteiger partial charge in [0.2, 0.25) is 0 Å². The van der Waals surface area contributed by atoms with E-state index in [-0.39, 0.29) is 30.9 Å². The molecule has 1 N–H and O–H groups in total. The van der Waals surface area contributed by atoms with Crippen molar-refractivity contribution in [2.45, 2.75) is 12.5 Å². The molecule has 20 heavy (non-hydrogen) atoms. The Morgan fingerprint density at radius 1 is 1.25 bits per heavy atom. The zero-order chi connectivity index (χ0) is 13.0. The van der Waals surface area contributed by atoms with Gasteiger partial charge >= 0.3 is 0 Å². The van der Waals surface area contributed by atoms with Gasteiger partial charge in [-0.1, -0.05) is 35.3 Å². The summed E-state index contributed by atoms with van der Waals surface area (Å²) < 4.78 is 0. The van der Waals surface area contributed by atoms with Crippen LogP contribution in [-0.4, -0.2) is 31.1 Å². The van der Waals surface area contributed by atoms with Crippen LogP contribution in [0.2, 0.25) is 10.0 Å². The number of hydrogen-bond donors (Lipinski definition) is 1. The second-order valence-corrected chi connectivity index (χ2v) is 5.09. The van der Waals surface area contributed by atoms with Crippen LogP contribution in [0.5, 0.6) is 0 Å². The van der Waals surface area contributed by atoms with E-state index in [2.05, 4.69) is 16.3 Å². The van der Waals surface area contributed by atoms with Crippen molar-refractivity contribution in [2.24, 2.45) is 0 Å². The maximum absolute atomic E-state index is 9.02. The van der Waals surface area contributed by atoms with Crippen LogP contribution in [0, 0.1) is 11.3 Å². The summed E-state index contributed by atoms with van der Waals surface area (Å²) >= 11 is 12.3. The first kappa shape index (κ1) is 19.8. The summed E-state index contributed by atoms with van der Waals surface area (Å²) in [5, 5.41) is 13.4. The molecule has 1 aromatic carbocycles. The quantitative estimate of drug-likeness (QED) is 0.897. The summed E-state index contributed by atoms with van der Waals surface area (Å²) in [6.45, 7) is 3.74. The summed E-state index contributed by atoms with van der Waals surface area (Å²) in [6, 6.07) is 7.89. The van der Waals surface area contributed by atoms with E-state index in [0.717, 1.165) is 31.7 Å². The number of nitrogens with zero attached hydrogens (tertiary/aromatic N) is 2. The van der Waals surface area contributed by atoms with Gasteiger partial charge in [-0.05, 0) is 11.6 Å². The van der Waals surface area contributed by atoms with E-state index in [4.69, 9.17) is 28.5 Å². The molecular formula is C13H17Cl4N3. The normalized spacial score (nSPS) is 16.4. The number of rotatable bonds is 3. The lowest BCUT2D eigenvalue weighted by Gasteiger charge is -2.34. The standard InChI is InChI=1S/C13H15Cl2N3.2ClH/c14-11-3-1-2-10(13(11)15)12(4-5-16)18-8-6-17-7-9-18;;/h1-3,12,17H,4,6-9H2;2*1H/t12-;;/m0../s1. The summed E-state index contributed by atoms with van der Waals surface area (Å²) in [6.07, 6.45) is 0.431. The van der Waals surface area contributed by atoms with Crippen molar-refractivity contribution in [1.29, 1.82) is 5.26 Å². The van der Waals surface area contributed by atoms with Gasteiger partial charge in [0.05, 0.1) is 22.5 Å². The minimum Gasteiger partial charge on any atom is -0.314 e. The lowest BCUT2D eigenvalue weighted by atomic mass is 10.0. The number of nitriles is 1. The number of piperazine rings is 1. The number of halogens is 4. The molecule has 1 aliphatic heterocycles. The summed E-state index contributed by atoms with van der Waals surface area (Å²) in [5.74, 6) is 0. The SMILES string of the molecule is Cl.Cl.N#CC[C@@H](c1cccc(Cl)c1Cl)N1CCNCC1. The van der Waals surface area contributed by atoms with Crippen LogP contribution >= 0.6 is 48.0 Å². The van der Waals surface area contributed by atoms with Crippen molar-refractivity contribution in [3.05, 3.63) is 33.8 Å². The smallest absolute Gasteiger partial charge is 0.0641 e. The second-order valence-electron chi connectivity index (χ2n) is 4.31. The van der Waals surface area contributed by atoms with Gasteiger partial charge in [0.1, 0.15) is 0 Å². The van der Waals surface area contributed by atoms with Crippen LogP contribution in [0.25, 0.3) is 0 Å². The molecule has 0 bridgehead atoms. The fraction of sp³-hybridized carbons (Fsp3) is 0.462. The lowest BCUT2D eigenvalue weighted by molar-refractivity contribution is 0.175. The summed E-state index contributed by atoms with van der Waals surface area (Å²) in [5.41, 5.74) is 0.951. The van der Waals surface area contributed by atoms with Crippen molar-refractivity contribution in [3.8, 4) is 6.07 Å². The van der Waals surface area contributed by atoms with Crippen molar-refractivity contribution in [1.82, 2.24) is 10.2 Å². The molecule has 2 rings (SSSR count). The van der Waals surface area contributed by atoms with Gasteiger partial charge in [-0.3, -0.25) is 4.90 Å². The molecule has 0 spiro atoms. The molecule has 1 saturated heterocycles. The zero-order valence-corrected chi connectivity index (χ0v) is 14.0. The van der Waals surface area contributed by atoms with Crippen molar-refractivity contribution >= 4 is 48.0 Å². The molecule has 0 saturated carbocycles. The molecule has 112 valence electrons. The molecule has 1 heterocycles. The predicted molar refractivity (Wildman–Crippen MR) is 88.4 cm³/mol. The van der Waals surface area contributed by atoms with Gasteiger partial charge in [0, 0.05) is 32.2 Å². The van der Waals surface area contributed by atoms with Crippen LogP contribution in [0.1, 0.15) is 18.0 Å². The minimum absolute atomic E-state index is 0. The molecule has 1 atom stereocenters.